The summed E-state index contributed by atoms with van der Waals surface area (Å²) < 4.78 is 2.39. The lowest BCUT2D eigenvalue weighted by molar-refractivity contribution is 0.808. The Balaban J connectivity index is 0.875. The van der Waals surface area contributed by atoms with E-state index < -0.39 is 0 Å². The molecule has 8 heteroatoms. The van der Waals surface area contributed by atoms with E-state index in [1.165, 1.54) is 44.7 Å². The van der Waals surface area contributed by atoms with Crippen molar-refractivity contribution in [2.45, 2.75) is 25.0 Å². The molecule has 0 saturated carbocycles. The third kappa shape index (κ3) is 7.17. The number of anilines is 2. The van der Waals surface area contributed by atoms with Crippen molar-refractivity contribution < 1.29 is 0 Å². The largest absolute Gasteiger partial charge is 0.315 e. The molecule has 2 aromatic heterocycles. The Morgan fingerprint density at radius 1 is 0.493 bits per heavy atom. The summed E-state index contributed by atoms with van der Waals surface area (Å²) in [5.74, 6) is 2.90. The minimum absolute atomic E-state index is 0.0261. The Labute approximate surface area is 434 Å². The summed E-state index contributed by atoms with van der Waals surface area (Å²) in [6.07, 6.45) is 23.6. The van der Waals surface area contributed by atoms with Crippen molar-refractivity contribution in [3.63, 3.8) is 0 Å². The maximum atomic E-state index is 5.32. The lowest BCUT2D eigenvalue weighted by Gasteiger charge is -2.29. The molecule has 0 spiro atoms. The topological polar surface area (TPSA) is 74.8 Å². The monoisotopic (exact) mass is 962 g/mol. The number of benzene rings is 7. The molecule has 0 bridgehead atoms. The van der Waals surface area contributed by atoms with Gasteiger partial charge in [-0.15, -0.1) is 0 Å². The molecule has 6 heterocycles. The summed E-state index contributed by atoms with van der Waals surface area (Å²) in [7, 11) is 0. The summed E-state index contributed by atoms with van der Waals surface area (Å²) in [4.78, 5) is 30.5. The number of hydrogen-bond donors (Lipinski definition) is 0. The van der Waals surface area contributed by atoms with E-state index in [0.29, 0.717) is 17.5 Å². The van der Waals surface area contributed by atoms with Gasteiger partial charge in [-0.1, -0.05) is 158 Å². The zero-order valence-electron chi connectivity index (χ0n) is 40.7. The van der Waals surface area contributed by atoms with Gasteiger partial charge in [0, 0.05) is 85.8 Å². The molecule has 0 N–H and O–H groups in total. The predicted molar refractivity (Wildman–Crippen MR) is 307 cm³/mol. The van der Waals surface area contributed by atoms with E-state index in [9.17, 15) is 0 Å². The Morgan fingerprint density at radius 3 is 1.71 bits per heavy atom. The van der Waals surface area contributed by atoms with Crippen LogP contribution in [0.1, 0.15) is 24.0 Å². The summed E-state index contributed by atoms with van der Waals surface area (Å²) >= 11 is 0. The average molecular weight is 963 g/mol. The highest BCUT2D eigenvalue weighted by Crippen LogP contribution is 2.47. The van der Waals surface area contributed by atoms with Crippen molar-refractivity contribution in [3.8, 4) is 39.9 Å². The maximum Gasteiger partial charge on any atom is 0.164 e. The first-order valence-electron chi connectivity index (χ1n) is 25.6. The number of nitrogens with zero attached hydrogens (tertiary/aromatic N) is 8. The first-order valence-corrected chi connectivity index (χ1v) is 25.6. The van der Waals surface area contributed by atoms with Crippen LogP contribution in [0.15, 0.2) is 275 Å². The molecule has 0 saturated heterocycles. The summed E-state index contributed by atoms with van der Waals surface area (Å²) in [5, 5.41) is 2.30. The molecule has 2 aliphatic carbocycles. The van der Waals surface area contributed by atoms with Crippen LogP contribution in [0.5, 0.6) is 0 Å². The van der Waals surface area contributed by atoms with E-state index in [1.807, 2.05) is 60.7 Å². The number of aliphatic imine (C=N–C) groups is 2. The number of fused-ring (bicyclic) bond motifs is 7. The Bertz CT molecular complexity index is 4090. The highest BCUT2D eigenvalue weighted by Gasteiger charge is 2.40. The van der Waals surface area contributed by atoms with Gasteiger partial charge in [0.05, 0.1) is 17.1 Å². The fourth-order valence-electron chi connectivity index (χ4n) is 11.7. The highest BCUT2D eigenvalue weighted by molar-refractivity contribution is 6.19. The second-order valence-corrected chi connectivity index (χ2v) is 19.6. The van der Waals surface area contributed by atoms with Crippen molar-refractivity contribution in [1.82, 2.24) is 19.5 Å². The molecule has 354 valence electrons. The van der Waals surface area contributed by atoms with Crippen LogP contribution in [0.25, 0.3) is 72.8 Å². The van der Waals surface area contributed by atoms with Gasteiger partial charge in [-0.05, 0) is 107 Å². The Morgan fingerprint density at radius 2 is 1.07 bits per heavy atom. The smallest absolute Gasteiger partial charge is 0.164 e. The van der Waals surface area contributed by atoms with Crippen LogP contribution < -0.4 is 9.80 Å². The molecule has 0 radical (unpaired) electrons. The van der Waals surface area contributed by atoms with Crippen LogP contribution in [0.4, 0.5) is 11.4 Å². The average Bonchev–Trinajstić information content (AvgIpc) is 4.19. The number of rotatable bonds is 8. The van der Waals surface area contributed by atoms with E-state index in [-0.39, 0.29) is 12.2 Å². The second kappa shape index (κ2) is 17.5. The van der Waals surface area contributed by atoms with E-state index in [0.717, 1.165) is 79.8 Å². The minimum Gasteiger partial charge on any atom is -0.315 e. The van der Waals surface area contributed by atoms with Crippen LogP contribution in [0.3, 0.4) is 0 Å². The van der Waals surface area contributed by atoms with Crippen LogP contribution >= 0.6 is 0 Å². The molecule has 8 nitrogen and oxygen atoms in total. The fourth-order valence-corrected chi connectivity index (χ4v) is 11.7. The zero-order valence-corrected chi connectivity index (χ0v) is 40.7. The molecule has 7 aromatic carbocycles. The molecule has 4 aliphatic heterocycles. The summed E-state index contributed by atoms with van der Waals surface area (Å²) in [6, 6.07) is 64.0. The quantitative estimate of drug-likeness (QED) is 0.152. The third-order valence-corrected chi connectivity index (χ3v) is 15.3. The van der Waals surface area contributed by atoms with Gasteiger partial charge in [-0.3, -0.25) is 4.99 Å². The van der Waals surface area contributed by atoms with Gasteiger partial charge < -0.3 is 14.4 Å². The van der Waals surface area contributed by atoms with Gasteiger partial charge in [-0.2, -0.15) is 0 Å². The molecule has 15 rings (SSSR count). The van der Waals surface area contributed by atoms with Crippen molar-refractivity contribution in [3.05, 3.63) is 276 Å². The first kappa shape index (κ1) is 42.9. The zero-order chi connectivity index (χ0) is 49.4. The number of aromatic nitrogens is 4. The molecule has 9 aromatic rings. The molecule has 6 aliphatic rings. The van der Waals surface area contributed by atoms with Crippen molar-refractivity contribution in [2.24, 2.45) is 9.98 Å². The van der Waals surface area contributed by atoms with E-state index in [2.05, 4.69) is 197 Å². The number of hydrogen-bond acceptors (Lipinski definition) is 7. The van der Waals surface area contributed by atoms with E-state index in [4.69, 9.17) is 24.9 Å². The standard InChI is InChI=1S/C67H46N8/c1-5-17-43(18-6-1)48-37-57-53-25-13-15-27-59(53)74(66(57)68-41-48)51-33-35-61-55(39-51)56-40-52(75-60-28-16-14-26-54(60)58-38-49(42-69-67(58)75)44-19-7-2-8-20-44)34-36-62(56)73(61)50-31-29-47(30-32-50)65-71-63(45-21-9-3-10-22-45)70-64(72-65)46-23-11-4-12-24-46/h1-25,27-36,38-42,59,67H,26,37H2. The molecular weight excluding hydrogens is 917 g/mol. The number of allylic oxidation sites excluding steroid dienone is 8. The molecular formula is C67H46N8. The van der Waals surface area contributed by atoms with Crippen LogP contribution in [-0.2, 0) is 0 Å². The van der Waals surface area contributed by atoms with Gasteiger partial charge in [0.25, 0.3) is 0 Å². The molecule has 2 unspecified atom stereocenters. The van der Waals surface area contributed by atoms with Crippen molar-refractivity contribution in [2.75, 3.05) is 9.80 Å². The van der Waals surface area contributed by atoms with E-state index >= 15 is 0 Å². The Kier molecular flexibility index (Phi) is 9.98. The maximum absolute atomic E-state index is 5.32. The lowest BCUT2D eigenvalue weighted by Crippen LogP contribution is -2.35. The summed E-state index contributed by atoms with van der Waals surface area (Å²) in [6.45, 7) is 0. The van der Waals surface area contributed by atoms with Crippen LogP contribution in [0, 0.1) is 0 Å². The highest BCUT2D eigenvalue weighted by atomic mass is 15.3. The predicted octanol–water partition coefficient (Wildman–Crippen LogP) is 14.9. The second-order valence-electron chi connectivity index (χ2n) is 19.6. The number of amidine groups is 1. The first-order chi connectivity index (χ1) is 37.2. The molecule has 0 amide bonds. The van der Waals surface area contributed by atoms with Crippen LogP contribution in [0.2, 0.25) is 0 Å². The molecule has 0 fully saturated rings. The molecule has 75 heavy (non-hydrogen) atoms. The van der Waals surface area contributed by atoms with E-state index in [1.54, 1.807) is 0 Å². The lowest BCUT2D eigenvalue weighted by atomic mass is 9.92. The molecule has 2 atom stereocenters. The van der Waals surface area contributed by atoms with Gasteiger partial charge in [0.2, 0.25) is 0 Å². The SMILES string of the molecule is C1=CCC2=C3C=C(c4ccccc4)C=NC3N(c3ccc4c(c3)c3cc(N5C6=NC=C(c7ccccc7)CC6=C6C=CC=CC65)ccc3n4-c3ccc(-c4nc(-c5ccccc5)nc(-c5ccccc5)n4)cc3)C2=C1. The van der Waals surface area contributed by atoms with Crippen molar-refractivity contribution in [1.29, 1.82) is 0 Å². The normalized spacial score (nSPS) is 18.2. The van der Waals surface area contributed by atoms with Gasteiger partial charge in [0.15, 0.2) is 23.6 Å². The van der Waals surface area contributed by atoms with Gasteiger partial charge in [0.1, 0.15) is 5.84 Å². The van der Waals surface area contributed by atoms with Crippen molar-refractivity contribution >= 4 is 56.4 Å². The van der Waals surface area contributed by atoms with Gasteiger partial charge >= 0.3 is 0 Å². The van der Waals surface area contributed by atoms with Crippen LogP contribution in [-0.4, -0.2) is 43.8 Å². The number of dihydropyridines is 1. The fraction of sp³-hybridized carbons (Fsp3) is 0.0597. The third-order valence-electron chi connectivity index (χ3n) is 15.3. The Hall–Kier alpha value is -9.79. The summed E-state index contributed by atoms with van der Waals surface area (Å²) in [5.41, 5.74) is 19.3. The minimum atomic E-state index is -0.176. The van der Waals surface area contributed by atoms with Gasteiger partial charge in [-0.25, -0.2) is 19.9 Å².